The van der Waals surface area contributed by atoms with E-state index in [1.165, 1.54) is 6.07 Å². The second kappa shape index (κ2) is 8.10. The molecular formula is C20H23FN2O2S. The smallest absolute Gasteiger partial charge is 0.227 e. The molecule has 0 radical (unpaired) electrons. The number of benzene rings is 2. The molecule has 0 bridgehead atoms. The van der Waals surface area contributed by atoms with Gasteiger partial charge in [0, 0.05) is 24.2 Å². The predicted molar refractivity (Wildman–Crippen MR) is 104 cm³/mol. The van der Waals surface area contributed by atoms with E-state index >= 15 is 0 Å². The van der Waals surface area contributed by atoms with E-state index in [0.29, 0.717) is 24.9 Å². The molecule has 1 heterocycles. The molecule has 1 aliphatic rings. The van der Waals surface area contributed by atoms with E-state index in [4.69, 9.17) is 0 Å². The van der Waals surface area contributed by atoms with Crippen molar-refractivity contribution in [3.8, 4) is 0 Å². The van der Waals surface area contributed by atoms with Crippen molar-refractivity contribution in [1.82, 2.24) is 0 Å². The third-order valence-corrected chi connectivity index (χ3v) is 5.49. The number of hydrogen-bond donors (Lipinski definition) is 1. The average molecular weight is 374 g/mol. The Morgan fingerprint density at radius 2 is 2.04 bits per heavy atom. The van der Waals surface area contributed by atoms with Gasteiger partial charge in [0.1, 0.15) is 5.82 Å². The number of halogens is 1. The van der Waals surface area contributed by atoms with E-state index in [-0.39, 0.29) is 17.5 Å². The Bertz CT molecular complexity index is 812. The van der Waals surface area contributed by atoms with E-state index in [9.17, 15) is 13.7 Å². The van der Waals surface area contributed by atoms with Crippen molar-refractivity contribution < 1.29 is 13.7 Å². The fraction of sp³-hybridized carbons (Fsp3) is 0.350. The minimum absolute atomic E-state index is 0.101. The van der Waals surface area contributed by atoms with Crippen LogP contribution in [0, 0.1) is 12.7 Å². The van der Waals surface area contributed by atoms with Gasteiger partial charge in [-0.25, -0.2) is 9.11 Å². The highest BCUT2D eigenvalue weighted by molar-refractivity contribution is 7.91. The maximum absolute atomic E-state index is 13.9. The van der Waals surface area contributed by atoms with Crippen molar-refractivity contribution in [3.63, 3.8) is 0 Å². The number of carbonyl (C=O) groups excluding carboxylic acids is 1. The van der Waals surface area contributed by atoms with E-state index in [1.54, 1.807) is 6.07 Å². The first-order valence-electron chi connectivity index (χ1n) is 8.81. The molecule has 0 aromatic heterocycles. The van der Waals surface area contributed by atoms with Crippen LogP contribution in [0.15, 0.2) is 36.4 Å². The molecule has 1 N–H and O–H groups in total. The molecule has 0 saturated carbocycles. The van der Waals surface area contributed by atoms with Crippen LogP contribution in [0.5, 0.6) is 0 Å². The molecule has 0 saturated heterocycles. The summed E-state index contributed by atoms with van der Waals surface area (Å²) >= 11 is -1.43. The number of nitrogens with one attached hydrogen (secondary N) is 1. The molecule has 138 valence electrons. The van der Waals surface area contributed by atoms with Crippen LogP contribution in [-0.2, 0) is 28.3 Å². The third kappa shape index (κ3) is 4.19. The number of amides is 1. The van der Waals surface area contributed by atoms with Crippen LogP contribution in [-0.4, -0.2) is 17.0 Å². The van der Waals surface area contributed by atoms with E-state index in [1.807, 2.05) is 43.0 Å². The van der Waals surface area contributed by atoms with E-state index in [2.05, 4.69) is 4.72 Å². The number of fused-ring (bicyclic) bond motifs is 1. The lowest BCUT2D eigenvalue weighted by atomic mass is 10.0. The quantitative estimate of drug-likeness (QED) is 0.775. The van der Waals surface area contributed by atoms with Crippen LogP contribution >= 0.6 is 0 Å². The lowest BCUT2D eigenvalue weighted by molar-refractivity contribution is -0.118. The number of aryl methyl sites for hydroxylation is 2. The summed E-state index contributed by atoms with van der Waals surface area (Å²) in [7, 11) is 0. The van der Waals surface area contributed by atoms with Gasteiger partial charge in [-0.2, -0.15) is 0 Å². The highest BCUT2D eigenvalue weighted by atomic mass is 32.2. The van der Waals surface area contributed by atoms with Gasteiger partial charge in [-0.15, -0.1) is 0 Å². The van der Waals surface area contributed by atoms with Crippen LogP contribution in [0.25, 0.3) is 0 Å². The van der Waals surface area contributed by atoms with Crippen molar-refractivity contribution >= 4 is 28.6 Å². The molecule has 1 aliphatic heterocycles. The highest BCUT2D eigenvalue weighted by Crippen LogP contribution is 2.31. The average Bonchev–Trinajstić information content (AvgIpc) is 2.60. The van der Waals surface area contributed by atoms with Crippen LogP contribution in [0.1, 0.15) is 36.5 Å². The summed E-state index contributed by atoms with van der Waals surface area (Å²) in [6.45, 7) is 4.57. The lowest BCUT2D eigenvalue weighted by Gasteiger charge is -2.29. The Morgan fingerprint density at radius 3 is 2.77 bits per heavy atom. The Labute approximate surface area is 156 Å². The van der Waals surface area contributed by atoms with Crippen molar-refractivity contribution in [2.24, 2.45) is 0 Å². The van der Waals surface area contributed by atoms with Gasteiger partial charge in [-0.3, -0.25) is 4.79 Å². The van der Waals surface area contributed by atoms with Gasteiger partial charge in [0.15, 0.2) is 5.75 Å². The van der Waals surface area contributed by atoms with Crippen LogP contribution in [0.4, 0.5) is 15.8 Å². The molecule has 1 amide bonds. The van der Waals surface area contributed by atoms with Gasteiger partial charge < -0.3 is 9.45 Å². The van der Waals surface area contributed by atoms with Crippen molar-refractivity contribution in [1.29, 1.82) is 0 Å². The standard InChI is InChI=1S/C20H23FN2O2S/c1-3-10-23-19-8-7-17(12-15(19)6-9-20(23)24)22-26(25)13-16-5-4-14(2)11-18(16)21/h4-5,7-8,11-12,22H,3,6,9-10,13H2,1-2H3. The Balaban J connectivity index is 1.71. The van der Waals surface area contributed by atoms with Gasteiger partial charge in [0.05, 0.1) is 17.0 Å². The van der Waals surface area contributed by atoms with Crippen LogP contribution in [0.2, 0.25) is 0 Å². The molecule has 0 fully saturated rings. The molecule has 0 spiro atoms. The first kappa shape index (κ1) is 18.7. The molecule has 2 aromatic rings. The number of rotatable bonds is 6. The SMILES string of the molecule is CCCN1C(=O)CCc2cc(N[S+]([O-])Cc3ccc(C)cc3F)ccc21. The van der Waals surface area contributed by atoms with Gasteiger partial charge in [0.25, 0.3) is 0 Å². The number of anilines is 2. The van der Waals surface area contributed by atoms with Gasteiger partial charge in [-0.05, 0) is 55.2 Å². The van der Waals surface area contributed by atoms with Crippen molar-refractivity contribution in [2.75, 3.05) is 16.2 Å². The summed E-state index contributed by atoms with van der Waals surface area (Å²) in [4.78, 5) is 13.9. The summed E-state index contributed by atoms with van der Waals surface area (Å²) < 4.78 is 29.2. The van der Waals surface area contributed by atoms with Crippen molar-refractivity contribution in [3.05, 3.63) is 58.9 Å². The molecule has 26 heavy (non-hydrogen) atoms. The molecule has 0 aliphatic carbocycles. The molecule has 4 nitrogen and oxygen atoms in total. The minimum atomic E-state index is -1.43. The van der Waals surface area contributed by atoms with Crippen LogP contribution < -0.4 is 9.62 Å². The monoisotopic (exact) mass is 374 g/mol. The van der Waals surface area contributed by atoms with Gasteiger partial charge in [0.2, 0.25) is 5.91 Å². The zero-order chi connectivity index (χ0) is 18.7. The fourth-order valence-corrected chi connectivity index (χ4v) is 4.15. The summed E-state index contributed by atoms with van der Waals surface area (Å²) in [6.07, 6.45) is 2.08. The Hall–Kier alpha value is -2.05. The number of nitrogens with zero attached hydrogens (tertiary/aromatic N) is 1. The highest BCUT2D eigenvalue weighted by Gasteiger charge is 2.24. The topological polar surface area (TPSA) is 55.4 Å². The first-order chi connectivity index (χ1) is 12.5. The fourth-order valence-electron chi connectivity index (χ4n) is 3.17. The van der Waals surface area contributed by atoms with Crippen LogP contribution in [0.3, 0.4) is 0 Å². The molecule has 3 rings (SSSR count). The Morgan fingerprint density at radius 1 is 1.23 bits per heavy atom. The van der Waals surface area contributed by atoms with E-state index in [0.717, 1.165) is 28.9 Å². The second-order valence-electron chi connectivity index (χ2n) is 6.58. The largest absolute Gasteiger partial charge is 0.593 e. The normalized spacial score (nSPS) is 14.9. The number of hydrogen-bond acceptors (Lipinski definition) is 3. The molecule has 6 heteroatoms. The zero-order valence-electron chi connectivity index (χ0n) is 15.0. The Kier molecular flexibility index (Phi) is 5.84. The lowest BCUT2D eigenvalue weighted by Crippen LogP contribution is -2.35. The number of carbonyl (C=O) groups is 1. The first-order valence-corrected chi connectivity index (χ1v) is 10.1. The summed E-state index contributed by atoms with van der Waals surface area (Å²) in [5.41, 5.74) is 4.00. The van der Waals surface area contributed by atoms with Gasteiger partial charge >= 0.3 is 0 Å². The molecule has 1 unspecified atom stereocenters. The molecule has 1 atom stereocenters. The second-order valence-corrected chi connectivity index (χ2v) is 7.76. The zero-order valence-corrected chi connectivity index (χ0v) is 15.9. The summed E-state index contributed by atoms with van der Waals surface area (Å²) in [6, 6.07) is 10.6. The molecular weight excluding hydrogens is 351 g/mol. The maximum Gasteiger partial charge on any atom is 0.227 e. The van der Waals surface area contributed by atoms with E-state index < -0.39 is 11.4 Å². The van der Waals surface area contributed by atoms with Gasteiger partial charge in [-0.1, -0.05) is 19.1 Å². The molecule has 2 aromatic carbocycles. The minimum Gasteiger partial charge on any atom is -0.593 e. The van der Waals surface area contributed by atoms with Crippen molar-refractivity contribution in [2.45, 2.75) is 38.9 Å². The maximum atomic E-state index is 13.9. The summed E-state index contributed by atoms with van der Waals surface area (Å²) in [5.74, 6) is -0.0818. The summed E-state index contributed by atoms with van der Waals surface area (Å²) in [5, 5.41) is 0. The third-order valence-electron chi connectivity index (χ3n) is 4.45. The predicted octanol–water partition coefficient (Wildman–Crippen LogP) is 4.10.